The molecule has 0 aliphatic rings. The number of aromatic nitrogens is 1. The second-order valence-electron chi connectivity index (χ2n) is 3.76. The first kappa shape index (κ1) is 13.7. The van der Waals surface area contributed by atoms with Crippen molar-refractivity contribution in [2.24, 2.45) is 0 Å². The number of esters is 1. The Morgan fingerprint density at radius 1 is 1.25 bits per heavy atom. The Bertz CT molecular complexity index is 662. The number of pyridine rings is 1. The minimum absolute atomic E-state index is 0.0616. The molecule has 0 saturated heterocycles. The van der Waals surface area contributed by atoms with Crippen LogP contribution >= 0.6 is 0 Å². The Balaban J connectivity index is 2.37. The Kier molecular flexibility index (Phi) is 3.79. The van der Waals surface area contributed by atoms with Crippen LogP contribution in [-0.2, 0) is 4.74 Å². The van der Waals surface area contributed by atoms with Gasteiger partial charge in [-0.3, -0.25) is 0 Å². The third-order valence-electron chi connectivity index (χ3n) is 2.38. The number of carbonyl (C=O) groups excluding carboxylic acids is 1. The molecule has 0 aliphatic heterocycles. The van der Waals surface area contributed by atoms with Gasteiger partial charge in [0.2, 0.25) is 5.88 Å². The van der Waals surface area contributed by atoms with Crippen molar-refractivity contribution < 1.29 is 23.0 Å². The standard InChI is InChI=1S/C13H10F2N2O3/c1-19-13(18)10-5-4-9(16)12(17-10)20-11-6-7(14)2-3-8(11)15/h2-6H,16H2,1H3. The highest BCUT2D eigenvalue weighted by Gasteiger charge is 2.14. The van der Waals surface area contributed by atoms with E-state index >= 15 is 0 Å². The first-order valence-electron chi connectivity index (χ1n) is 5.49. The predicted molar refractivity (Wildman–Crippen MR) is 66.4 cm³/mol. The third kappa shape index (κ3) is 2.82. The van der Waals surface area contributed by atoms with E-state index in [1.165, 1.54) is 19.2 Å². The molecule has 0 spiro atoms. The van der Waals surface area contributed by atoms with Crippen molar-refractivity contribution in [3.63, 3.8) is 0 Å². The summed E-state index contributed by atoms with van der Waals surface area (Å²) in [7, 11) is 1.19. The number of ether oxygens (including phenoxy) is 2. The van der Waals surface area contributed by atoms with Crippen molar-refractivity contribution in [1.82, 2.24) is 4.98 Å². The number of hydrogen-bond donors (Lipinski definition) is 1. The number of carbonyl (C=O) groups is 1. The lowest BCUT2D eigenvalue weighted by Crippen LogP contribution is -2.06. The maximum Gasteiger partial charge on any atom is 0.356 e. The highest BCUT2D eigenvalue weighted by molar-refractivity contribution is 5.87. The molecule has 2 rings (SSSR count). The van der Waals surface area contributed by atoms with Crippen LogP contribution in [0.2, 0.25) is 0 Å². The van der Waals surface area contributed by atoms with Crippen molar-refractivity contribution >= 4 is 11.7 Å². The minimum atomic E-state index is -0.781. The number of nitrogens with zero attached hydrogens (tertiary/aromatic N) is 1. The summed E-state index contributed by atoms with van der Waals surface area (Å²) in [5.74, 6) is -2.75. The van der Waals surface area contributed by atoms with E-state index in [1.807, 2.05) is 0 Å². The van der Waals surface area contributed by atoms with E-state index < -0.39 is 17.6 Å². The molecule has 0 unspecified atom stereocenters. The number of rotatable bonds is 3. The molecule has 0 amide bonds. The molecule has 1 heterocycles. The molecule has 0 radical (unpaired) electrons. The van der Waals surface area contributed by atoms with Crippen molar-refractivity contribution in [2.75, 3.05) is 12.8 Å². The van der Waals surface area contributed by atoms with Crippen LogP contribution in [0, 0.1) is 11.6 Å². The van der Waals surface area contributed by atoms with Gasteiger partial charge in [0.25, 0.3) is 0 Å². The van der Waals surface area contributed by atoms with Gasteiger partial charge < -0.3 is 15.2 Å². The Morgan fingerprint density at radius 2 is 2.00 bits per heavy atom. The van der Waals surface area contributed by atoms with E-state index in [4.69, 9.17) is 10.5 Å². The zero-order chi connectivity index (χ0) is 14.7. The highest BCUT2D eigenvalue weighted by Crippen LogP contribution is 2.28. The van der Waals surface area contributed by atoms with Crippen LogP contribution in [0.15, 0.2) is 30.3 Å². The fraction of sp³-hybridized carbons (Fsp3) is 0.0769. The predicted octanol–water partition coefficient (Wildman–Crippen LogP) is 2.52. The van der Waals surface area contributed by atoms with Crippen LogP contribution in [0.5, 0.6) is 11.6 Å². The molecule has 104 valence electrons. The minimum Gasteiger partial charge on any atom is -0.464 e. The first-order chi connectivity index (χ1) is 9.51. The summed E-state index contributed by atoms with van der Waals surface area (Å²) in [6, 6.07) is 5.39. The SMILES string of the molecule is COC(=O)c1ccc(N)c(Oc2cc(F)ccc2F)n1. The van der Waals surface area contributed by atoms with E-state index in [1.54, 1.807) is 0 Å². The van der Waals surface area contributed by atoms with Gasteiger partial charge in [-0.2, -0.15) is 0 Å². The summed E-state index contributed by atoms with van der Waals surface area (Å²) < 4.78 is 36.1. The first-order valence-corrected chi connectivity index (χ1v) is 5.49. The number of benzene rings is 1. The largest absolute Gasteiger partial charge is 0.464 e. The van der Waals surface area contributed by atoms with Crippen molar-refractivity contribution in [1.29, 1.82) is 0 Å². The van der Waals surface area contributed by atoms with Gasteiger partial charge in [0.15, 0.2) is 17.3 Å². The molecule has 1 aromatic heterocycles. The lowest BCUT2D eigenvalue weighted by molar-refractivity contribution is 0.0593. The van der Waals surface area contributed by atoms with Crippen molar-refractivity contribution in [2.45, 2.75) is 0 Å². The molecule has 7 heteroatoms. The summed E-state index contributed by atoms with van der Waals surface area (Å²) in [5, 5.41) is 0. The Hall–Kier alpha value is -2.70. The number of methoxy groups -OCH3 is 1. The molecular formula is C13H10F2N2O3. The van der Waals surface area contributed by atoms with Gasteiger partial charge in [-0.15, -0.1) is 0 Å². The van der Waals surface area contributed by atoms with Crippen LogP contribution < -0.4 is 10.5 Å². The summed E-state index contributed by atoms with van der Waals surface area (Å²) in [6.45, 7) is 0. The van der Waals surface area contributed by atoms with Gasteiger partial charge in [0.05, 0.1) is 12.8 Å². The van der Waals surface area contributed by atoms with Crippen LogP contribution in [0.4, 0.5) is 14.5 Å². The summed E-state index contributed by atoms with van der Waals surface area (Å²) in [5.41, 5.74) is 5.62. The van der Waals surface area contributed by atoms with Gasteiger partial charge in [0.1, 0.15) is 5.82 Å². The van der Waals surface area contributed by atoms with Gasteiger partial charge in [-0.1, -0.05) is 0 Å². The Morgan fingerprint density at radius 3 is 2.70 bits per heavy atom. The van der Waals surface area contributed by atoms with Crippen molar-refractivity contribution in [3.8, 4) is 11.6 Å². The van der Waals surface area contributed by atoms with Gasteiger partial charge in [0, 0.05) is 6.07 Å². The molecule has 0 atom stereocenters. The molecule has 20 heavy (non-hydrogen) atoms. The van der Waals surface area contributed by atoms with Gasteiger partial charge in [-0.25, -0.2) is 18.6 Å². The molecule has 0 fully saturated rings. The lowest BCUT2D eigenvalue weighted by atomic mass is 10.3. The number of hydrogen-bond acceptors (Lipinski definition) is 5. The molecular weight excluding hydrogens is 270 g/mol. The number of nitrogen functional groups attached to an aromatic ring is 1. The monoisotopic (exact) mass is 280 g/mol. The van der Waals surface area contributed by atoms with E-state index in [0.717, 1.165) is 18.2 Å². The average Bonchev–Trinajstić information content (AvgIpc) is 2.44. The average molecular weight is 280 g/mol. The second-order valence-corrected chi connectivity index (χ2v) is 3.76. The van der Waals surface area contributed by atoms with Crippen LogP contribution in [0.3, 0.4) is 0 Å². The Labute approximate surface area is 112 Å². The second kappa shape index (κ2) is 5.52. The van der Waals surface area contributed by atoms with Gasteiger partial charge >= 0.3 is 5.97 Å². The zero-order valence-electron chi connectivity index (χ0n) is 10.4. The normalized spacial score (nSPS) is 10.2. The summed E-state index contributed by atoms with van der Waals surface area (Å²) in [4.78, 5) is 15.1. The maximum absolute atomic E-state index is 13.5. The fourth-order valence-electron chi connectivity index (χ4n) is 1.41. The molecule has 0 saturated carbocycles. The fourth-order valence-corrected chi connectivity index (χ4v) is 1.41. The zero-order valence-corrected chi connectivity index (χ0v) is 10.4. The smallest absolute Gasteiger partial charge is 0.356 e. The maximum atomic E-state index is 13.5. The van der Waals surface area contributed by atoms with E-state index in [9.17, 15) is 13.6 Å². The number of nitrogens with two attached hydrogens (primary N) is 1. The number of halogens is 2. The molecule has 5 nitrogen and oxygen atoms in total. The molecule has 0 bridgehead atoms. The summed E-state index contributed by atoms with van der Waals surface area (Å²) in [6.07, 6.45) is 0. The molecule has 2 N–H and O–H groups in total. The highest BCUT2D eigenvalue weighted by atomic mass is 19.1. The molecule has 1 aromatic carbocycles. The quantitative estimate of drug-likeness (QED) is 0.874. The van der Waals surface area contributed by atoms with Crippen LogP contribution in [0.25, 0.3) is 0 Å². The van der Waals surface area contributed by atoms with E-state index in [0.29, 0.717) is 0 Å². The molecule has 2 aromatic rings. The van der Waals surface area contributed by atoms with Crippen LogP contribution in [-0.4, -0.2) is 18.1 Å². The number of anilines is 1. The van der Waals surface area contributed by atoms with Crippen LogP contribution in [0.1, 0.15) is 10.5 Å². The van der Waals surface area contributed by atoms with Crippen molar-refractivity contribution in [3.05, 3.63) is 47.7 Å². The van der Waals surface area contributed by atoms with E-state index in [2.05, 4.69) is 9.72 Å². The topological polar surface area (TPSA) is 74.4 Å². The third-order valence-corrected chi connectivity index (χ3v) is 2.38. The van der Waals surface area contributed by atoms with E-state index in [-0.39, 0.29) is 23.0 Å². The lowest BCUT2D eigenvalue weighted by Gasteiger charge is -2.09. The summed E-state index contributed by atoms with van der Waals surface area (Å²) >= 11 is 0. The molecule has 0 aliphatic carbocycles. The van der Waals surface area contributed by atoms with Gasteiger partial charge in [-0.05, 0) is 24.3 Å².